The maximum absolute atomic E-state index is 11.4. The predicted molar refractivity (Wildman–Crippen MR) is 81.2 cm³/mol. The lowest BCUT2D eigenvalue weighted by molar-refractivity contribution is -0.118. The first kappa shape index (κ1) is 16.8. The highest BCUT2D eigenvalue weighted by atomic mass is 16.5. The van der Waals surface area contributed by atoms with Crippen LogP contribution >= 0.6 is 0 Å². The Morgan fingerprint density at radius 2 is 1.71 bits per heavy atom. The molecule has 0 radical (unpaired) electrons. The van der Waals surface area contributed by atoms with Gasteiger partial charge in [-0.15, -0.1) is 0 Å². The highest BCUT2D eigenvalue weighted by Crippen LogP contribution is 2.12. The Hall–Kier alpha value is -2.24. The van der Waals surface area contributed by atoms with Crippen LogP contribution in [0.1, 0.15) is 25.8 Å². The number of aryl methyl sites for hydroxylation is 1. The number of urea groups is 1. The summed E-state index contributed by atoms with van der Waals surface area (Å²) in [5.41, 5.74) is 1.27. The molecule has 0 fully saturated rings. The minimum absolute atomic E-state index is 0.0963. The van der Waals surface area contributed by atoms with Gasteiger partial charge in [-0.05, 0) is 24.1 Å². The fraction of sp³-hybridized carbons (Fsp3) is 0.467. The van der Waals surface area contributed by atoms with Crippen molar-refractivity contribution in [3.05, 3.63) is 29.8 Å². The zero-order valence-electron chi connectivity index (χ0n) is 12.6. The van der Waals surface area contributed by atoms with Crippen LogP contribution < -0.4 is 20.7 Å². The molecular weight excluding hydrogens is 270 g/mol. The Kier molecular flexibility index (Phi) is 7.71. The van der Waals surface area contributed by atoms with E-state index in [-0.39, 0.29) is 18.7 Å². The van der Waals surface area contributed by atoms with Gasteiger partial charge in [-0.3, -0.25) is 4.79 Å². The first-order chi connectivity index (χ1) is 10.1. The SMILES string of the molecule is CCCc1ccc(OCNC(=O)NCCNC(C)=O)cc1. The molecule has 0 saturated heterocycles. The van der Waals surface area contributed by atoms with Crippen molar-refractivity contribution < 1.29 is 14.3 Å². The molecule has 0 bridgehead atoms. The number of carbonyl (C=O) groups excluding carboxylic acids is 2. The molecule has 0 unspecified atom stereocenters. The normalized spacial score (nSPS) is 9.81. The number of nitrogens with one attached hydrogen (secondary N) is 3. The molecule has 3 N–H and O–H groups in total. The van der Waals surface area contributed by atoms with Gasteiger partial charge < -0.3 is 20.7 Å². The molecule has 21 heavy (non-hydrogen) atoms. The van der Waals surface area contributed by atoms with Crippen LogP contribution in [0.4, 0.5) is 4.79 Å². The summed E-state index contributed by atoms with van der Waals surface area (Å²) in [6.07, 6.45) is 2.16. The quantitative estimate of drug-likeness (QED) is 0.501. The molecule has 116 valence electrons. The molecular formula is C15H23N3O3. The molecule has 0 saturated carbocycles. The summed E-state index contributed by atoms with van der Waals surface area (Å²) in [7, 11) is 0. The van der Waals surface area contributed by atoms with Crippen LogP contribution in [0.15, 0.2) is 24.3 Å². The largest absolute Gasteiger partial charge is 0.473 e. The van der Waals surface area contributed by atoms with Gasteiger partial charge in [0.25, 0.3) is 0 Å². The Bertz CT molecular complexity index is 446. The van der Waals surface area contributed by atoms with E-state index in [1.165, 1.54) is 12.5 Å². The van der Waals surface area contributed by atoms with E-state index in [4.69, 9.17) is 4.74 Å². The Labute approximate surface area is 125 Å². The first-order valence-electron chi connectivity index (χ1n) is 7.09. The molecule has 3 amide bonds. The molecule has 1 rings (SSSR count). The monoisotopic (exact) mass is 293 g/mol. The zero-order chi connectivity index (χ0) is 15.5. The van der Waals surface area contributed by atoms with E-state index in [0.717, 1.165) is 12.8 Å². The Morgan fingerprint density at radius 3 is 2.33 bits per heavy atom. The minimum Gasteiger partial charge on any atom is -0.473 e. The van der Waals surface area contributed by atoms with Crippen molar-refractivity contribution in [1.29, 1.82) is 0 Å². The minimum atomic E-state index is -0.331. The lowest BCUT2D eigenvalue weighted by Gasteiger charge is -2.10. The van der Waals surface area contributed by atoms with E-state index in [0.29, 0.717) is 18.8 Å². The number of ether oxygens (including phenoxy) is 1. The van der Waals surface area contributed by atoms with Crippen LogP contribution in [-0.4, -0.2) is 31.8 Å². The third-order valence-electron chi connectivity index (χ3n) is 2.72. The van der Waals surface area contributed by atoms with E-state index >= 15 is 0 Å². The Balaban J connectivity index is 2.14. The van der Waals surface area contributed by atoms with E-state index < -0.39 is 0 Å². The van der Waals surface area contributed by atoms with Crippen molar-refractivity contribution in [2.45, 2.75) is 26.7 Å². The number of hydrogen-bond donors (Lipinski definition) is 3. The van der Waals surface area contributed by atoms with Crippen molar-refractivity contribution in [1.82, 2.24) is 16.0 Å². The summed E-state index contributed by atoms with van der Waals surface area (Å²) in [6.45, 7) is 4.44. The van der Waals surface area contributed by atoms with Crippen molar-refractivity contribution in [2.24, 2.45) is 0 Å². The summed E-state index contributed by atoms with van der Waals surface area (Å²) in [6, 6.07) is 7.49. The molecule has 0 aromatic heterocycles. The van der Waals surface area contributed by atoms with Crippen LogP contribution in [0, 0.1) is 0 Å². The van der Waals surface area contributed by atoms with Gasteiger partial charge in [-0.1, -0.05) is 25.5 Å². The molecule has 0 aliphatic rings. The fourth-order valence-electron chi connectivity index (χ4n) is 1.70. The number of rotatable bonds is 8. The van der Waals surface area contributed by atoms with Crippen LogP contribution in [0.5, 0.6) is 5.75 Å². The molecule has 6 heteroatoms. The van der Waals surface area contributed by atoms with Crippen LogP contribution in [0.2, 0.25) is 0 Å². The van der Waals surface area contributed by atoms with E-state index in [9.17, 15) is 9.59 Å². The molecule has 1 aromatic rings. The zero-order valence-corrected chi connectivity index (χ0v) is 12.6. The van der Waals surface area contributed by atoms with Crippen molar-refractivity contribution in [2.75, 3.05) is 19.8 Å². The molecule has 6 nitrogen and oxygen atoms in total. The van der Waals surface area contributed by atoms with Gasteiger partial charge in [0.15, 0.2) is 6.73 Å². The van der Waals surface area contributed by atoms with E-state index in [2.05, 4.69) is 22.9 Å². The molecule has 0 aliphatic heterocycles. The van der Waals surface area contributed by atoms with Crippen molar-refractivity contribution in [3.63, 3.8) is 0 Å². The van der Waals surface area contributed by atoms with Crippen molar-refractivity contribution in [3.8, 4) is 5.75 Å². The predicted octanol–water partition coefficient (Wildman–Crippen LogP) is 1.41. The standard InChI is InChI=1S/C15H23N3O3/c1-3-4-13-5-7-14(8-6-13)21-11-18-15(20)17-10-9-16-12(2)19/h5-8H,3-4,9-11H2,1-2H3,(H,16,19)(H2,17,18,20). The molecule has 0 heterocycles. The second kappa shape index (κ2) is 9.63. The number of benzene rings is 1. The average molecular weight is 293 g/mol. The van der Waals surface area contributed by atoms with Gasteiger partial charge in [0.05, 0.1) is 0 Å². The molecule has 0 spiro atoms. The third kappa shape index (κ3) is 7.81. The van der Waals surface area contributed by atoms with Crippen LogP contribution in [0.25, 0.3) is 0 Å². The van der Waals surface area contributed by atoms with Crippen molar-refractivity contribution >= 4 is 11.9 Å². The highest BCUT2D eigenvalue weighted by Gasteiger charge is 2.00. The fourth-order valence-corrected chi connectivity index (χ4v) is 1.70. The number of hydrogen-bond acceptors (Lipinski definition) is 3. The van der Waals surface area contributed by atoms with E-state index in [1.807, 2.05) is 24.3 Å². The summed E-state index contributed by atoms with van der Waals surface area (Å²) in [5.74, 6) is 0.598. The summed E-state index contributed by atoms with van der Waals surface area (Å²) in [4.78, 5) is 22.0. The van der Waals surface area contributed by atoms with Crippen LogP contribution in [0.3, 0.4) is 0 Å². The maximum atomic E-state index is 11.4. The van der Waals surface area contributed by atoms with E-state index in [1.54, 1.807) is 0 Å². The first-order valence-corrected chi connectivity index (χ1v) is 7.09. The lowest BCUT2D eigenvalue weighted by Crippen LogP contribution is -2.41. The van der Waals surface area contributed by atoms with Gasteiger partial charge in [-0.25, -0.2) is 4.79 Å². The molecule has 1 aromatic carbocycles. The smallest absolute Gasteiger partial charge is 0.317 e. The highest BCUT2D eigenvalue weighted by molar-refractivity contribution is 5.74. The maximum Gasteiger partial charge on any atom is 0.317 e. The lowest BCUT2D eigenvalue weighted by atomic mass is 10.1. The van der Waals surface area contributed by atoms with Gasteiger partial charge in [0, 0.05) is 20.0 Å². The van der Waals surface area contributed by atoms with Crippen LogP contribution in [-0.2, 0) is 11.2 Å². The number of carbonyl (C=O) groups is 2. The van der Waals surface area contributed by atoms with Gasteiger partial charge in [0.2, 0.25) is 5.91 Å². The summed E-state index contributed by atoms with van der Waals surface area (Å²) >= 11 is 0. The topological polar surface area (TPSA) is 79.5 Å². The molecule has 0 atom stereocenters. The average Bonchev–Trinajstić information content (AvgIpc) is 2.46. The number of amides is 3. The van der Waals surface area contributed by atoms with Gasteiger partial charge in [-0.2, -0.15) is 0 Å². The Morgan fingerprint density at radius 1 is 1.05 bits per heavy atom. The van der Waals surface area contributed by atoms with Gasteiger partial charge in [0.1, 0.15) is 5.75 Å². The second-order valence-corrected chi connectivity index (χ2v) is 4.60. The summed E-state index contributed by atoms with van der Waals surface area (Å²) in [5, 5.41) is 7.77. The third-order valence-corrected chi connectivity index (χ3v) is 2.72. The summed E-state index contributed by atoms with van der Waals surface area (Å²) < 4.78 is 5.41. The second-order valence-electron chi connectivity index (χ2n) is 4.60. The molecule has 0 aliphatic carbocycles. The van der Waals surface area contributed by atoms with Gasteiger partial charge >= 0.3 is 6.03 Å².